The van der Waals surface area contributed by atoms with Crippen LogP contribution in [0.15, 0.2) is 65.8 Å². The molecule has 8 heteroatoms. The third-order valence-electron chi connectivity index (χ3n) is 6.67. The Bertz CT molecular complexity index is 1440. The molecule has 4 rings (SSSR count). The third-order valence-corrected chi connectivity index (χ3v) is 7.20. The van der Waals surface area contributed by atoms with E-state index in [9.17, 15) is 19.8 Å². The van der Waals surface area contributed by atoms with Crippen molar-refractivity contribution in [2.24, 2.45) is 7.05 Å². The maximum absolute atomic E-state index is 12.4. The second-order valence-corrected chi connectivity index (χ2v) is 9.47. The number of allylic oxidation sites excluding steroid dienone is 2. The number of carbonyl (C=O) groups is 2. The first-order chi connectivity index (χ1) is 17.0. The van der Waals surface area contributed by atoms with Gasteiger partial charge < -0.3 is 14.9 Å². The average Bonchev–Trinajstić information content (AvgIpc) is 3.10. The molecule has 1 aliphatic carbocycles. The van der Waals surface area contributed by atoms with Gasteiger partial charge in [0.05, 0.1) is 5.69 Å². The topological polar surface area (TPSA) is 102 Å². The van der Waals surface area contributed by atoms with E-state index in [1.807, 2.05) is 38.1 Å². The summed E-state index contributed by atoms with van der Waals surface area (Å²) in [6, 6.07) is 12.9. The van der Waals surface area contributed by atoms with Crippen LogP contribution in [0.3, 0.4) is 0 Å². The van der Waals surface area contributed by atoms with Crippen LogP contribution in [0, 0.1) is 13.8 Å². The van der Waals surface area contributed by atoms with Crippen molar-refractivity contribution in [3.63, 3.8) is 0 Å². The molecule has 0 fully saturated rings. The summed E-state index contributed by atoms with van der Waals surface area (Å²) in [7, 11) is 1.80. The van der Waals surface area contributed by atoms with Crippen LogP contribution in [0.2, 0.25) is 5.15 Å². The van der Waals surface area contributed by atoms with Gasteiger partial charge in [0.1, 0.15) is 22.9 Å². The summed E-state index contributed by atoms with van der Waals surface area (Å²) in [5, 5.41) is 24.8. The van der Waals surface area contributed by atoms with Gasteiger partial charge in [-0.3, -0.25) is 9.48 Å². The highest BCUT2D eigenvalue weighted by atomic mass is 35.5. The van der Waals surface area contributed by atoms with Crippen molar-refractivity contribution in [1.29, 1.82) is 0 Å². The van der Waals surface area contributed by atoms with Gasteiger partial charge in [-0.2, -0.15) is 5.10 Å². The highest BCUT2D eigenvalue weighted by Gasteiger charge is 2.42. The fraction of sp³-hybridized carbons (Fsp3) is 0.250. The van der Waals surface area contributed by atoms with E-state index in [0.717, 1.165) is 27.9 Å². The molecule has 0 spiro atoms. The fourth-order valence-electron chi connectivity index (χ4n) is 4.50. The Balaban J connectivity index is 1.57. The van der Waals surface area contributed by atoms with Gasteiger partial charge in [0, 0.05) is 30.2 Å². The molecule has 36 heavy (non-hydrogen) atoms. The van der Waals surface area contributed by atoms with Gasteiger partial charge in [0.2, 0.25) is 0 Å². The number of rotatable bonds is 7. The number of hydrogen-bond donors (Lipinski definition) is 2. The van der Waals surface area contributed by atoms with E-state index in [-0.39, 0.29) is 18.6 Å². The van der Waals surface area contributed by atoms with Crippen molar-refractivity contribution in [3.05, 3.63) is 93.2 Å². The lowest BCUT2D eigenvalue weighted by Gasteiger charge is -2.30. The zero-order valence-corrected chi connectivity index (χ0v) is 21.3. The summed E-state index contributed by atoms with van der Waals surface area (Å²) >= 11 is 6.27. The van der Waals surface area contributed by atoms with E-state index >= 15 is 0 Å². The van der Waals surface area contributed by atoms with Gasteiger partial charge in [0.25, 0.3) is 0 Å². The Kier molecular flexibility index (Phi) is 6.78. The van der Waals surface area contributed by atoms with E-state index in [1.165, 1.54) is 0 Å². The van der Waals surface area contributed by atoms with Crippen LogP contribution in [-0.2, 0) is 28.7 Å². The van der Waals surface area contributed by atoms with Gasteiger partial charge in [-0.25, -0.2) is 4.79 Å². The maximum Gasteiger partial charge on any atom is 0.331 e. The number of aryl methyl sites for hydroxylation is 2. The van der Waals surface area contributed by atoms with Crippen LogP contribution in [-0.4, -0.2) is 31.9 Å². The zero-order chi connectivity index (χ0) is 26.2. The summed E-state index contributed by atoms with van der Waals surface area (Å²) < 4.78 is 7.70. The number of aliphatic carboxylic acids is 2. The minimum absolute atomic E-state index is 0.0988. The largest absolute Gasteiger partial charge is 0.489 e. The Hall–Kier alpha value is -3.84. The van der Waals surface area contributed by atoms with Crippen LogP contribution in [0.1, 0.15) is 35.6 Å². The first-order valence-electron chi connectivity index (χ1n) is 11.4. The smallest absolute Gasteiger partial charge is 0.331 e. The van der Waals surface area contributed by atoms with Crippen LogP contribution in [0.5, 0.6) is 5.75 Å². The summed E-state index contributed by atoms with van der Waals surface area (Å²) in [6.45, 7) is 5.78. The van der Waals surface area contributed by atoms with E-state index in [4.69, 9.17) is 16.3 Å². The highest BCUT2D eigenvalue weighted by molar-refractivity contribution is 6.30. The lowest BCUT2D eigenvalue weighted by molar-refractivity contribution is -0.142. The lowest BCUT2D eigenvalue weighted by Crippen LogP contribution is -2.37. The van der Waals surface area contributed by atoms with E-state index in [2.05, 4.69) is 5.10 Å². The minimum Gasteiger partial charge on any atom is -0.489 e. The molecule has 2 aromatic carbocycles. The number of carboxylic acids is 2. The van der Waals surface area contributed by atoms with Gasteiger partial charge in [-0.05, 0) is 61.2 Å². The fourth-order valence-corrected chi connectivity index (χ4v) is 4.63. The molecule has 0 amide bonds. The predicted octanol–water partition coefficient (Wildman–Crippen LogP) is 5.62. The molecule has 3 aromatic rings. The molecule has 0 saturated carbocycles. The highest BCUT2D eigenvalue weighted by Crippen LogP contribution is 2.39. The van der Waals surface area contributed by atoms with Crippen LogP contribution >= 0.6 is 11.6 Å². The Labute approximate surface area is 214 Å². The number of ether oxygens (including phenoxy) is 1. The number of halogens is 1. The molecule has 1 unspecified atom stereocenters. The van der Waals surface area contributed by atoms with E-state index < -0.39 is 17.4 Å². The Morgan fingerprint density at radius 3 is 2.50 bits per heavy atom. The average molecular weight is 507 g/mol. The third kappa shape index (κ3) is 4.54. The van der Waals surface area contributed by atoms with Gasteiger partial charge in [0.15, 0.2) is 0 Å². The molecular weight excluding hydrogens is 480 g/mol. The van der Waals surface area contributed by atoms with Gasteiger partial charge in [-0.1, -0.05) is 48.0 Å². The van der Waals surface area contributed by atoms with Crippen LogP contribution < -0.4 is 4.74 Å². The van der Waals surface area contributed by atoms with Crippen molar-refractivity contribution in [1.82, 2.24) is 9.78 Å². The normalized spacial score (nSPS) is 17.4. The molecule has 1 aromatic heterocycles. The Morgan fingerprint density at radius 1 is 1.14 bits per heavy atom. The molecule has 1 aliphatic rings. The molecule has 0 bridgehead atoms. The Morgan fingerprint density at radius 2 is 1.89 bits per heavy atom. The number of hydrogen-bond acceptors (Lipinski definition) is 4. The van der Waals surface area contributed by atoms with Crippen molar-refractivity contribution in [2.75, 3.05) is 0 Å². The molecule has 1 atom stereocenters. The number of carboxylic acid groups (broad SMARTS) is 2. The molecule has 0 radical (unpaired) electrons. The maximum atomic E-state index is 12.4. The second kappa shape index (κ2) is 9.66. The molecule has 2 N–H and O–H groups in total. The predicted molar refractivity (Wildman–Crippen MR) is 137 cm³/mol. The summed E-state index contributed by atoms with van der Waals surface area (Å²) in [6.07, 6.45) is 3.03. The first-order valence-corrected chi connectivity index (χ1v) is 11.8. The van der Waals surface area contributed by atoms with Gasteiger partial charge in [-0.15, -0.1) is 0 Å². The van der Waals surface area contributed by atoms with E-state index in [0.29, 0.717) is 22.0 Å². The molecule has 0 aliphatic heterocycles. The first kappa shape index (κ1) is 25.3. The van der Waals surface area contributed by atoms with Crippen molar-refractivity contribution < 1.29 is 24.5 Å². The van der Waals surface area contributed by atoms with Crippen molar-refractivity contribution >= 4 is 23.5 Å². The summed E-state index contributed by atoms with van der Waals surface area (Å²) in [5.74, 6) is -1.51. The molecule has 1 heterocycles. The molecular formula is C28H27ClN2O5. The standard InChI is InChI=1S/C28H27ClN2O5/c1-16-10-11-28(27(34)35,14-22(16)26(32)33)21-7-5-6-19(13-21)15-36-23-9-8-20(12-17(23)2)24-18(3)25(29)31(4)30-24/h5-13H,14-15H2,1-4H3,(H,32,33)(H,34,35). The second-order valence-electron chi connectivity index (χ2n) is 9.11. The number of benzene rings is 2. The quantitative estimate of drug-likeness (QED) is 0.431. The molecule has 7 nitrogen and oxygen atoms in total. The number of nitrogens with zero attached hydrogens (tertiary/aromatic N) is 2. The summed E-state index contributed by atoms with van der Waals surface area (Å²) in [5.41, 5.74) is 4.07. The van der Waals surface area contributed by atoms with Crippen molar-refractivity contribution in [2.45, 2.75) is 39.2 Å². The van der Waals surface area contributed by atoms with E-state index in [1.54, 1.807) is 49.0 Å². The molecule has 186 valence electrons. The van der Waals surface area contributed by atoms with Crippen molar-refractivity contribution in [3.8, 4) is 17.0 Å². The zero-order valence-electron chi connectivity index (χ0n) is 20.5. The monoisotopic (exact) mass is 506 g/mol. The minimum atomic E-state index is -1.46. The van der Waals surface area contributed by atoms with Gasteiger partial charge >= 0.3 is 11.9 Å². The molecule has 0 saturated heterocycles. The number of aromatic nitrogens is 2. The SMILES string of the molecule is CC1=C(C(=O)O)CC(C(=O)O)(c2cccc(COc3ccc(-c4nn(C)c(Cl)c4C)cc3C)c2)C=C1. The summed E-state index contributed by atoms with van der Waals surface area (Å²) in [4.78, 5) is 24.1. The van der Waals surface area contributed by atoms with Crippen LogP contribution in [0.25, 0.3) is 11.3 Å². The lowest BCUT2D eigenvalue weighted by atomic mass is 9.71. The van der Waals surface area contributed by atoms with Crippen LogP contribution in [0.4, 0.5) is 0 Å².